The van der Waals surface area contributed by atoms with Gasteiger partial charge in [-0.15, -0.1) is 3.94 Å². The molecule has 3 heteroatoms. The Morgan fingerprint density at radius 3 is 2.22 bits per heavy atom. The fourth-order valence-electron chi connectivity index (χ4n) is 0.658. The van der Waals surface area contributed by atoms with Gasteiger partial charge < -0.3 is 0 Å². The minimum Gasteiger partial charge on any atom is -0.132 e. The van der Waals surface area contributed by atoms with Gasteiger partial charge in [0.05, 0.1) is 0 Å². The Balaban J connectivity index is 2.75. The van der Waals surface area contributed by atoms with E-state index < -0.39 is 0 Å². The quantitative estimate of drug-likeness (QED) is 0.452. The Morgan fingerprint density at radius 1 is 1.11 bits per heavy atom. The van der Waals surface area contributed by atoms with E-state index in [0.29, 0.717) is 0 Å². The topological polar surface area (TPSA) is 3.24 Å². The molecule has 9 heavy (non-hydrogen) atoms. The minimum atomic E-state index is 0.781. The van der Waals surface area contributed by atoms with Crippen LogP contribution < -0.4 is 0 Å². The van der Waals surface area contributed by atoms with Gasteiger partial charge >= 0.3 is 0 Å². The molecule has 56 valence electrons. The average molecular weight is 170 g/mol. The van der Waals surface area contributed by atoms with Gasteiger partial charge in [0.15, 0.2) is 0 Å². The molecule has 0 saturated heterocycles. The van der Waals surface area contributed by atoms with E-state index in [2.05, 4.69) is 6.92 Å². The van der Waals surface area contributed by atoms with Crippen LogP contribution in [0.1, 0.15) is 32.6 Å². The number of rotatable bonds is 5. The maximum atomic E-state index is 5.36. The van der Waals surface area contributed by atoms with Crippen molar-refractivity contribution < 1.29 is 0 Å². The molecule has 0 aliphatic heterocycles. The minimum absolute atomic E-state index is 0.781. The molecule has 0 aromatic carbocycles. The highest BCUT2D eigenvalue weighted by Crippen LogP contribution is 2.04. The molecule has 0 N–H and O–H groups in total. The molecule has 0 spiro atoms. The maximum Gasteiger partial charge on any atom is 0.0304 e. The van der Waals surface area contributed by atoms with Crippen LogP contribution in [0, 0.1) is 0 Å². The van der Waals surface area contributed by atoms with E-state index in [1.165, 1.54) is 23.2 Å². The van der Waals surface area contributed by atoms with Gasteiger partial charge in [-0.05, 0) is 30.0 Å². The first kappa shape index (κ1) is 9.54. The molecule has 0 saturated carbocycles. The summed E-state index contributed by atoms with van der Waals surface area (Å²) in [4.78, 5) is 0. The lowest BCUT2D eigenvalue weighted by molar-refractivity contribution is 0.590. The lowest BCUT2D eigenvalue weighted by Gasteiger charge is -2.01. The van der Waals surface area contributed by atoms with E-state index >= 15 is 0 Å². The first-order chi connectivity index (χ1) is 4.27. The highest BCUT2D eigenvalue weighted by Gasteiger charge is 1.92. The van der Waals surface area contributed by atoms with Crippen molar-refractivity contribution in [3.8, 4) is 0 Å². The first-order valence-corrected chi connectivity index (χ1v) is 4.04. The summed E-state index contributed by atoms with van der Waals surface area (Å²) in [6.07, 6.45) is 4.86. The molecule has 0 aromatic heterocycles. The largest absolute Gasteiger partial charge is 0.132 e. The van der Waals surface area contributed by atoms with Crippen molar-refractivity contribution in [2.45, 2.75) is 32.6 Å². The monoisotopic (exact) mass is 169 g/mol. The van der Waals surface area contributed by atoms with E-state index in [1.807, 2.05) is 0 Å². The fourth-order valence-corrected chi connectivity index (χ4v) is 0.897. The van der Waals surface area contributed by atoms with Crippen molar-refractivity contribution in [1.82, 2.24) is 3.94 Å². The van der Waals surface area contributed by atoms with Crippen LogP contribution in [0.25, 0.3) is 0 Å². The van der Waals surface area contributed by atoms with Crippen LogP contribution in [0.4, 0.5) is 0 Å². The SMILES string of the molecule is CCCCCCN(Cl)Cl. The predicted octanol–water partition coefficient (Wildman–Crippen LogP) is 3.18. The van der Waals surface area contributed by atoms with Crippen LogP contribution >= 0.6 is 23.6 Å². The summed E-state index contributed by atoms with van der Waals surface area (Å²) < 4.78 is 1.19. The third-order valence-electron chi connectivity index (χ3n) is 1.18. The third-order valence-corrected chi connectivity index (χ3v) is 1.52. The van der Waals surface area contributed by atoms with Crippen molar-refractivity contribution >= 4 is 23.6 Å². The highest BCUT2D eigenvalue weighted by molar-refractivity contribution is 6.33. The van der Waals surface area contributed by atoms with Gasteiger partial charge in [0.2, 0.25) is 0 Å². The van der Waals surface area contributed by atoms with Crippen molar-refractivity contribution in [3.63, 3.8) is 0 Å². The fraction of sp³-hybridized carbons (Fsp3) is 1.00. The number of unbranched alkanes of at least 4 members (excludes halogenated alkanes) is 3. The molecule has 1 nitrogen and oxygen atoms in total. The first-order valence-electron chi connectivity index (χ1n) is 3.36. The Labute approximate surface area is 67.2 Å². The number of hydrogen-bond donors (Lipinski definition) is 0. The van der Waals surface area contributed by atoms with Gasteiger partial charge in [0.25, 0.3) is 0 Å². The Kier molecular flexibility index (Phi) is 7.06. The molecule has 0 atom stereocenters. The van der Waals surface area contributed by atoms with E-state index in [1.54, 1.807) is 0 Å². The zero-order valence-electron chi connectivity index (χ0n) is 5.74. The van der Waals surface area contributed by atoms with Crippen molar-refractivity contribution in [2.75, 3.05) is 6.54 Å². The molecular formula is C6H13Cl2N. The second kappa shape index (κ2) is 6.66. The second-order valence-electron chi connectivity index (χ2n) is 2.09. The summed E-state index contributed by atoms with van der Waals surface area (Å²) in [6, 6.07) is 0. The van der Waals surface area contributed by atoms with Crippen LogP contribution in [0.5, 0.6) is 0 Å². The molecule has 0 heterocycles. The van der Waals surface area contributed by atoms with Crippen molar-refractivity contribution in [2.24, 2.45) is 0 Å². The molecule has 0 aliphatic rings. The molecule has 0 radical (unpaired) electrons. The van der Waals surface area contributed by atoms with Gasteiger partial charge in [0, 0.05) is 6.54 Å². The molecule has 0 unspecified atom stereocenters. The summed E-state index contributed by atoms with van der Waals surface area (Å²) in [5.74, 6) is 0. The molecular weight excluding hydrogens is 157 g/mol. The molecule has 0 aliphatic carbocycles. The van der Waals surface area contributed by atoms with Crippen LogP contribution in [-0.4, -0.2) is 10.5 Å². The molecule has 0 amide bonds. The Hall–Kier alpha value is 0.540. The lowest BCUT2D eigenvalue weighted by atomic mass is 10.2. The van der Waals surface area contributed by atoms with Crippen LogP contribution in [0.2, 0.25) is 0 Å². The summed E-state index contributed by atoms with van der Waals surface area (Å²) in [6.45, 7) is 2.96. The highest BCUT2D eigenvalue weighted by atomic mass is 35.5. The number of hydrogen-bond acceptors (Lipinski definition) is 1. The van der Waals surface area contributed by atoms with E-state index in [9.17, 15) is 0 Å². The average Bonchev–Trinajstić information content (AvgIpc) is 1.80. The second-order valence-corrected chi connectivity index (χ2v) is 3.08. The third kappa shape index (κ3) is 8.54. The predicted molar refractivity (Wildman–Crippen MR) is 42.6 cm³/mol. The van der Waals surface area contributed by atoms with Crippen LogP contribution in [0.3, 0.4) is 0 Å². The molecule has 0 rings (SSSR count). The van der Waals surface area contributed by atoms with Crippen LogP contribution in [-0.2, 0) is 0 Å². The van der Waals surface area contributed by atoms with Crippen molar-refractivity contribution in [3.05, 3.63) is 0 Å². The summed E-state index contributed by atoms with van der Waals surface area (Å²) >= 11 is 10.7. The standard InChI is InChI=1S/C6H13Cl2N/c1-2-3-4-5-6-9(7)8/h2-6H2,1H3. The van der Waals surface area contributed by atoms with E-state index in [0.717, 1.165) is 13.0 Å². The van der Waals surface area contributed by atoms with Gasteiger partial charge in [-0.3, -0.25) is 0 Å². The van der Waals surface area contributed by atoms with Gasteiger partial charge in [-0.25, -0.2) is 0 Å². The Bertz CT molecular complexity index is 57.0. The van der Waals surface area contributed by atoms with Crippen LogP contribution in [0.15, 0.2) is 0 Å². The lowest BCUT2D eigenvalue weighted by Crippen LogP contribution is -1.98. The normalized spacial score (nSPS) is 10.7. The zero-order valence-corrected chi connectivity index (χ0v) is 7.25. The number of nitrogens with zero attached hydrogens (tertiary/aromatic N) is 1. The van der Waals surface area contributed by atoms with Gasteiger partial charge in [-0.2, -0.15) is 0 Å². The summed E-state index contributed by atoms with van der Waals surface area (Å²) in [5.41, 5.74) is 0. The summed E-state index contributed by atoms with van der Waals surface area (Å²) in [7, 11) is 0. The number of halogens is 2. The van der Waals surface area contributed by atoms with Gasteiger partial charge in [-0.1, -0.05) is 26.2 Å². The molecule has 0 fully saturated rings. The smallest absolute Gasteiger partial charge is 0.0304 e. The summed E-state index contributed by atoms with van der Waals surface area (Å²) in [5, 5.41) is 0. The van der Waals surface area contributed by atoms with E-state index in [-0.39, 0.29) is 0 Å². The van der Waals surface area contributed by atoms with Gasteiger partial charge in [0.1, 0.15) is 0 Å². The van der Waals surface area contributed by atoms with Crippen molar-refractivity contribution in [1.29, 1.82) is 0 Å². The molecule has 0 bridgehead atoms. The maximum absolute atomic E-state index is 5.36. The van der Waals surface area contributed by atoms with E-state index in [4.69, 9.17) is 23.6 Å². The Morgan fingerprint density at radius 2 is 1.78 bits per heavy atom. The molecule has 0 aromatic rings. The zero-order chi connectivity index (χ0) is 7.11.